The molecule has 0 aliphatic heterocycles. The van der Waals surface area contributed by atoms with Gasteiger partial charge in [-0.1, -0.05) is 11.3 Å². The molecule has 1 amide bonds. The number of rotatable bonds is 3. The van der Waals surface area contributed by atoms with E-state index in [1.807, 2.05) is 27.0 Å². The first-order valence-electron chi connectivity index (χ1n) is 5.94. The summed E-state index contributed by atoms with van der Waals surface area (Å²) in [5, 5.41) is 7.60. The molecule has 108 valence electrons. The standard InChI is InChI=1S/C12H15BrN4O2S/c1-12(2,3)16-11(18)19-7-9-5-14-10(20-9)17-6-8(13)4-15-17/h4-6H,7H2,1-3H3,(H,16,18). The summed E-state index contributed by atoms with van der Waals surface area (Å²) < 4.78 is 7.68. The van der Waals surface area contributed by atoms with Crippen molar-refractivity contribution >= 4 is 33.4 Å². The van der Waals surface area contributed by atoms with Crippen molar-refractivity contribution in [2.45, 2.75) is 32.9 Å². The van der Waals surface area contributed by atoms with Crippen LogP contribution in [0.1, 0.15) is 25.6 Å². The number of halogens is 1. The second-order valence-corrected chi connectivity index (χ2v) is 7.17. The summed E-state index contributed by atoms with van der Waals surface area (Å²) in [6.07, 6.45) is 4.75. The molecule has 0 atom stereocenters. The summed E-state index contributed by atoms with van der Waals surface area (Å²) in [6.45, 7) is 5.89. The highest BCUT2D eigenvalue weighted by Crippen LogP contribution is 2.19. The van der Waals surface area contributed by atoms with Crippen LogP contribution in [0.15, 0.2) is 23.1 Å². The molecule has 1 N–H and O–H groups in total. The molecule has 0 bridgehead atoms. The Morgan fingerprint density at radius 3 is 2.85 bits per heavy atom. The lowest BCUT2D eigenvalue weighted by Gasteiger charge is -2.19. The normalized spacial score (nSPS) is 11.4. The number of nitrogens with zero attached hydrogens (tertiary/aromatic N) is 3. The van der Waals surface area contributed by atoms with Gasteiger partial charge in [0.25, 0.3) is 0 Å². The van der Waals surface area contributed by atoms with Crippen molar-refractivity contribution in [1.82, 2.24) is 20.1 Å². The van der Waals surface area contributed by atoms with Gasteiger partial charge in [0.15, 0.2) is 0 Å². The predicted octanol–water partition coefficient (Wildman–Crippen LogP) is 3.12. The quantitative estimate of drug-likeness (QED) is 0.914. The molecule has 2 heterocycles. The Labute approximate surface area is 129 Å². The third kappa shape index (κ3) is 4.31. The molecule has 6 nitrogen and oxygen atoms in total. The molecular formula is C12H15BrN4O2S. The molecule has 0 aliphatic carbocycles. The first kappa shape index (κ1) is 15.0. The Morgan fingerprint density at radius 2 is 2.25 bits per heavy atom. The lowest BCUT2D eigenvalue weighted by molar-refractivity contribution is 0.132. The van der Waals surface area contributed by atoms with Crippen LogP contribution < -0.4 is 5.32 Å². The lowest BCUT2D eigenvalue weighted by atomic mass is 10.1. The fraction of sp³-hybridized carbons (Fsp3) is 0.417. The summed E-state index contributed by atoms with van der Waals surface area (Å²) in [5.41, 5.74) is -0.308. The van der Waals surface area contributed by atoms with Gasteiger partial charge in [-0.3, -0.25) is 0 Å². The van der Waals surface area contributed by atoms with Gasteiger partial charge in [-0.05, 0) is 36.7 Å². The molecule has 0 fully saturated rings. The van der Waals surface area contributed by atoms with Crippen molar-refractivity contribution in [1.29, 1.82) is 0 Å². The Morgan fingerprint density at radius 1 is 1.50 bits per heavy atom. The zero-order valence-corrected chi connectivity index (χ0v) is 13.8. The van der Waals surface area contributed by atoms with Crippen LogP contribution in [0.2, 0.25) is 0 Å². The molecule has 2 rings (SSSR count). The lowest BCUT2D eigenvalue weighted by Crippen LogP contribution is -2.40. The fourth-order valence-electron chi connectivity index (χ4n) is 1.35. The molecule has 0 spiro atoms. The fourth-order valence-corrected chi connectivity index (χ4v) is 2.40. The number of carbonyl (C=O) groups excluding carboxylic acids is 1. The molecule has 2 aromatic heterocycles. The van der Waals surface area contributed by atoms with Gasteiger partial charge >= 0.3 is 6.09 Å². The maximum absolute atomic E-state index is 11.5. The van der Waals surface area contributed by atoms with Crippen LogP contribution in [0.3, 0.4) is 0 Å². The summed E-state index contributed by atoms with van der Waals surface area (Å²) in [5.74, 6) is 0. The number of thiazole rings is 1. The van der Waals surface area contributed by atoms with Crippen LogP contribution in [-0.2, 0) is 11.3 Å². The SMILES string of the molecule is CC(C)(C)NC(=O)OCc1cnc(-n2cc(Br)cn2)s1. The Kier molecular flexibility index (Phi) is 4.44. The minimum atomic E-state index is -0.436. The van der Waals surface area contributed by atoms with Gasteiger partial charge in [-0.15, -0.1) is 0 Å². The van der Waals surface area contributed by atoms with E-state index in [9.17, 15) is 4.79 Å². The van der Waals surface area contributed by atoms with Gasteiger partial charge in [0, 0.05) is 17.9 Å². The van der Waals surface area contributed by atoms with E-state index in [-0.39, 0.29) is 12.1 Å². The molecule has 0 aromatic carbocycles. The highest BCUT2D eigenvalue weighted by Gasteiger charge is 2.15. The average Bonchev–Trinajstić information content (AvgIpc) is 2.92. The van der Waals surface area contributed by atoms with Crippen LogP contribution in [0.25, 0.3) is 5.13 Å². The maximum atomic E-state index is 11.5. The molecule has 0 saturated heterocycles. The Bertz CT molecular complexity index is 603. The highest BCUT2D eigenvalue weighted by atomic mass is 79.9. The van der Waals surface area contributed by atoms with E-state index in [0.717, 1.165) is 14.5 Å². The summed E-state index contributed by atoms with van der Waals surface area (Å²) in [7, 11) is 0. The van der Waals surface area contributed by atoms with E-state index in [2.05, 4.69) is 31.3 Å². The number of aromatic nitrogens is 3. The van der Waals surface area contributed by atoms with Crippen molar-refractivity contribution in [3.63, 3.8) is 0 Å². The third-order valence-electron chi connectivity index (χ3n) is 2.11. The monoisotopic (exact) mass is 358 g/mol. The van der Waals surface area contributed by atoms with Crippen LogP contribution in [0.5, 0.6) is 0 Å². The zero-order valence-electron chi connectivity index (χ0n) is 11.4. The number of nitrogens with one attached hydrogen (secondary N) is 1. The smallest absolute Gasteiger partial charge is 0.407 e. The van der Waals surface area contributed by atoms with Crippen LogP contribution in [-0.4, -0.2) is 26.4 Å². The van der Waals surface area contributed by atoms with Crippen molar-refractivity contribution in [2.24, 2.45) is 0 Å². The molecule has 20 heavy (non-hydrogen) atoms. The topological polar surface area (TPSA) is 69.0 Å². The minimum absolute atomic E-state index is 0.196. The number of alkyl carbamates (subject to hydrolysis) is 1. The van der Waals surface area contributed by atoms with E-state index in [0.29, 0.717) is 0 Å². The molecular weight excluding hydrogens is 344 g/mol. The first-order chi connectivity index (χ1) is 9.33. The van der Waals surface area contributed by atoms with E-state index in [4.69, 9.17) is 4.74 Å². The zero-order chi connectivity index (χ0) is 14.8. The first-order valence-corrected chi connectivity index (χ1v) is 7.55. The van der Waals surface area contributed by atoms with Gasteiger partial charge < -0.3 is 10.1 Å². The minimum Gasteiger partial charge on any atom is -0.444 e. The van der Waals surface area contributed by atoms with Crippen molar-refractivity contribution in [3.05, 3.63) is 27.9 Å². The Hall–Kier alpha value is -1.41. The van der Waals surface area contributed by atoms with Crippen LogP contribution >= 0.6 is 27.3 Å². The van der Waals surface area contributed by atoms with Gasteiger partial charge in [-0.25, -0.2) is 14.5 Å². The van der Waals surface area contributed by atoms with Gasteiger partial charge in [0.05, 0.1) is 15.5 Å². The van der Waals surface area contributed by atoms with Gasteiger partial charge in [0.2, 0.25) is 5.13 Å². The molecule has 8 heteroatoms. The maximum Gasteiger partial charge on any atom is 0.407 e. The van der Waals surface area contributed by atoms with Crippen LogP contribution in [0, 0.1) is 0 Å². The second kappa shape index (κ2) is 5.92. The van der Waals surface area contributed by atoms with E-state index in [1.165, 1.54) is 11.3 Å². The number of amides is 1. The van der Waals surface area contributed by atoms with Crippen LogP contribution in [0.4, 0.5) is 4.79 Å². The number of ether oxygens (including phenoxy) is 1. The molecule has 0 radical (unpaired) electrons. The van der Waals surface area contributed by atoms with Crippen molar-refractivity contribution < 1.29 is 9.53 Å². The summed E-state index contributed by atoms with van der Waals surface area (Å²) in [4.78, 5) is 16.6. The second-order valence-electron chi connectivity index (χ2n) is 5.16. The average molecular weight is 359 g/mol. The van der Waals surface area contributed by atoms with E-state index < -0.39 is 6.09 Å². The van der Waals surface area contributed by atoms with Crippen molar-refractivity contribution in [2.75, 3.05) is 0 Å². The van der Waals surface area contributed by atoms with E-state index >= 15 is 0 Å². The summed E-state index contributed by atoms with van der Waals surface area (Å²) in [6, 6.07) is 0. The van der Waals surface area contributed by atoms with E-state index in [1.54, 1.807) is 17.1 Å². The molecule has 0 aliphatic rings. The predicted molar refractivity (Wildman–Crippen MR) is 80.0 cm³/mol. The molecule has 0 saturated carbocycles. The van der Waals surface area contributed by atoms with Gasteiger partial charge in [-0.2, -0.15) is 5.10 Å². The third-order valence-corrected chi connectivity index (χ3v) is 3.48. The molecule has 2 aromatic rings. The largest absolute Gasteiger partial charge is 0.444 e. The highest BCUT2D eigenvalue weighted by molar-refractivity contribution is 9.10. The molecule has 0 unspecified atom stereocenters. The number of hydrogen-bond donors (Lipinski definition) is 1. The number of carbonyl (C=O) groups is 1. The number of hydrogen-bond acceptors (Lipinski definition) is 5. The van der Waals surface area contributed by atoms with Crippen molar-refractivity contribution in [3.8, 4) is 5.13 Å². The Balaban J connectivity index is 1.92. The van der Waals surface area contributed by atoms with Gasteiger partial charge in [0.1, 0.15) is 6.61 Å². The summed E-state index contributed by atoms with van der Waals surface area (Å²) >= 11 is 4.75.